The first-order valence-corrected chi connectivity index (χ1v) is 8.64. The Balaban J connectivity index is 1.88. The summed E-state index contributed by atoms with van der Waals surface area (Å²) in [5, 5.41) is 11.7. The van der Waals surface area contributed by atoms with Crippen LogP contribution in [0.3, 0.4) is 0 Å². The molecule has 0 saturated heterocycles. The van der Waals surface area contributed by atoms with Crippen molar-refractivity contribution < 1.29 is 19.2 Å². The number of esters is 1. The first kappa shape index (κ1) is 18.4. The minimum Gasteiger partial charge on any atom is -0.489 e. The number of nitrogens with zero attached hydrogens (tertiary/aromatic N) is 1. The molecule has 2 aromatic carbocycles. The summed E-state index contributed by atoms with van der Waals surface area (Å²) in [6.07, 6.45) is 1.62. The predicted octanol–water partition coefficient (Wildman–Crippen LogP) is 3.67. The molecule has 1 aromatic heterocycles. The van der Waals surface area contributed by atoms with Crippen LogP contribution in [-0.2, 0) is 16.1 Å². The molecule has 3 rings (SSSR count). The lowest BCUT2D eigenvalue weighted by Crippen LogP contribution is -2.23. The van der Waals surface area contributed by atoms with Crippen LogP contribution in [0.5, 0.6) is 5.75 Å². The monoisotopic (exact) mass is 368 g/mol. The summed E-state index contributed by atoms with van der Waals surface area (Å²) < 4.78 is 10.9. The van der Waals surface area contributed by atoms with E-state index in [-0.39, 0.29) is 6.61 Å². The minimum atomic E-state index is -0.974. The fourth-order valence-electron chi connectivity index (χ4n) is 2.93. The number of H-pyrrole nitrogens is 1. The van der Waals surface area contributed by atoms with E-state index < -0.39 is 23.4 Å². The van der Waals surface area contributed by atoms with Crippen molar-refractivity contribution in [2.75, 3.05) is 13.2 Å². The van der Waals surface area contributed by atoms with Crippen LogP contribution in [0.1, 0.15) is 24.0 Å². The first-order valence-electron chi connectivity index (χ1n) is 8.64. The Hall–Kier alpha value is -3.35. The van der Waals surface area contributed by atoms with Crippen LogP contribution in [0.2, 0.25) is 0 Å². The molecule has 1 N–H and O–H groups in total. The molecule has 0 bridgehead atoms. The van der Waals surface area contributed by atoms with Gasteiger partial charge in [-0.25, -0.2) is 0 Å². The minimum absolute atomic E-state index is 0.167. The maximum absolute atomic E-state index is 12.2. The third kappa shape index (κ3) is 4.44. The van der Waals surface area contributed by atoms with Gasteiger partial charge < -0.3 is 14.5 Å². The quantitative estimate of drug-likeness (QED) is 0.372. The van der Waals surface area contributed by atoms with E-state index in [9.17, 15) is 14.9 Å². The number of hydrogen-bond acceptors (Lipinski definition) is 5. The molecule has 0 aliphatic rings. The van der Waals surface area contributed by atoms with Crippen molar-refractivity contribution in [3.63, 3.8) is 0 Å². The van der Waals surface area contributed by atoms with E-state index in [4.69, 9.17) is 9.47 Å². The van der Waals surface area contributed by atoms with Gasteiger partial charge in [-0.3, -0.25) is 14.9 Å². The van der Waals surface area contributed by atoms with E-state index in [1.807, 2.05) is 42.5 Å². The fraction of sp³-hybridized carbons (Fsp3) is 0.250. The van der Waals surface area contributed by atoms with Gasteiger partial charge >= 0.3 is 5.97 Å². The van der Waals surface area contributed by atoms with Crippen molar-refractivity contribution in [2.24, 2.45) is 0 Å². The summed E-state index contributed by atoms with van der Waals surface area (Å²) in [7, 11) is 0. The number of fused-ring (bicyclic) bond motifs is 1. The number of ether oxygens (including phenoxy) is 2. The standard InChI is InChI=1S/C20H20N2O5/c1-2-26-20(23)18(12-22(24)25)17-11-21-19-9-8-15(10-16(17)19)27-13-14-6-4-3-5-7-14/h3-11,18,21H,2,12-13H2,1H3/t18-/m1/s1. The molecule has 27 heavy (non-hydrogen) atoms. The lowest BCUT2D eigenvalue weighted by Gasteiger charge is -2.12. The van der Waals surface area contributed by atoms with Crippen LogP contribution in [0.15, 0.2) is 54.7 Å². The fourth-order valence-corrected chi connectivity index (χ4v) is 2.93. The van der Waals surface area contributed by atoms with E-state index in [1.54, 1.807) is 19.2 Å². The molecule has 1 atom stereocenters. The highest BCUT2D eigenvalue weighted by Crippen LogP contribution is 2.30. The van der Waals surface area contributed by atoms with Crippen molar-refractivity contribution in [1.82, 2.24) is 4.98 Å². The molecular weight excluding hydrogens is 348 g/mol. The van der Waals surface area contributed by atoms with E-state index in [0.29, 0.717) is 23.3 Å². The van der Waals surface area contributed by atoms with E-state index in [2.05, 4.69) is 4.98 Å². The molecule has 3 aromatic rings. The Labute approximate surface area is 156 Å². The van der Waals surface area contributed by atoms with E-state index >= 15 is 0 Å². The highest BCUT2D eigenvalue weighted by atomic mass is 16.6. The third-order valence-corrected chi connectivity index (χ3v) is 4.21. The van der Waals surface area contributed by atoms with Gasteiger partial charge in [0.05, 0.1) is 6.61 Å². The lowest BCUT2D eigenvalue weighted by molar-refractivity contribution is -0.481. The third-order valence-electron chi connectivity index (χ3n) is 4.21. The number of nitro groups is 1. The van der Waals surface area contributed by atoms with E-state index in [1.165, 1.54) is 0 Å². The van der Waals surface area contributed by atoms with Gasteiger partial charge in [-0.05, 0) is 36.2 Å². The largest absolute Gasteiger partial charge is 0.489 e. The second kappa shape index (κ2) is 8.35. The Kier molecular flexibility index (Phi) is 5.71. The summed E-state index contributed by atoms with van der Waals surface area (Å²) in [6, 6.07) is 15.2. The number of aromatic amines is 1. The predicted molar refractivity (Wildman–Crippen MR) is 100 cm³/mol. The SMILES string of the molecule is CCOC(=O)[C@H](C[N+](=O)[O-])c1c[nH]c2ccc(OCc3ccccc3)cc12. The van der Waals surface area contributed by atoms with Gasteiger partial charge in [-0.15, -0.1) is 0 Å². The molecule has 7 heteroatoms. The topological polar surface area (TPSA) is 94.5 Å². The Morgan fingerprint density at radius 2 is 2.00 bits per heavy atom. The summed E-state index contributed by atoms with van der Waals surface area (Å²) in [5.74, 6) is -0.959. The Morgan fingerprint density at radius 3 is 2.70 bits per heavy atom. The van der Waals surface area contributed by atoms with Gasteiger partial charge in [0.25, 0.3) is 0 Å². The molecule has 7 nitrogen and oxygen atoms in total. The summed E-state index contributed by atoms with van der Waals surface area (Å²) in [4.78, 5) is 25.8. The molecule has 0 fully saturated rings. The van der Waals surface area contributed by atoms with E-state index in [0.717, 1.165) is 11.1 Å². The zero-order valence-corrected chi connectivity index (χ0v) is 14.9. The number of rotatable bonds is 8. The normalized spacial score (nSPS) is 11.9. The van der Waals surface area contributed by atoms with Gasteiger partial charge in [0, 0.05) is 22.0 Å². The van der Waals surface area contributed by atoms with Crippen LogP contribution < -0.4 is 4.74 Å². The molecule has 140 valence electrons. The molecule has 0 radical (unpaired) electrons. The summed E-state index contributed by atoms with van der Waals surface area (Å²) in [5.41, 5.74) is 2.34. The second-order valence-corrected chi connectivity index (χ2v) is 6.05. The number of hydrogen-bond donors (Lipinski definition) is 1. The zero-order chi connectivity index (χ0) is 19.2. The van der Waals surface area contributed by atoms with Gasteiger partial charge in [-0.2, -0.15) is 0 Å². The highest BCUT2D eigenvalue weighted by Gasteiger charge is 2.30. The van der Waals surface area contributed by atoms with Crippen LogP contribution in [0.4, 0.5) is 0 Å². The molecule has 0 unspecified atom stereocenters. The molecule has 0 spiro atoms. The van der Waals surface area contributed by atoms with Gasteiger partial charge in [-0.1, -0.05) is 30.3 Å². The number of carbonyl (C=O) groups is 1. The average molecular weight is 368 g/mol. The van der Waals surface area contributed by atoms with Crippen molar-refractivity contribution >= 4 is 16.9 Å². The molecule has 0 aliphatic carbocycles. The second-order valence-electron chi connectivity index (χ2n) is 6.05. The molecule has 0 saturated carbocycles. The molecule has 1 heterocycles. The number of benzene rings is 2. The summed E-state index contributed by atoms with van der Waals surface area (Å²) in [6.45, 7) is 1.72. The van der Waals surface area contributed by atoms with Crippen LogP contribution in [0.25, 0.3) is 10.9 Å². The first-order chi connectivity index (χ1) is 13.1. The Morgan fingerprint density at radius 1 is 1.22 bits per heavy atom. The van der Waals surface area contributed by atoms with Crippen LogP contribution in [-0.4, -0.2) is 29.0 Å². The average Bonchev–Trinajstić information content (AvgIpc) is 3.08. The molecule has 0 aliphatic heterocycles. The smallest absolute Gasteiger partial charge is 0.320 e. The summed E-state index contributed by atoms with van der Waals surface area (Å²) >= 11 is 0. The maximum atomic E-state index is 12.2. The Bertz CT molecular complexity index is 936. The number of nitrogens with one attached hydrogen (secondary N) is 1. The highest BCUT2D eigenvalue weighted by molar-refractivity contribution is 5.90. The van der Waals surface area contributed by atoms with Crippen LogP contribution in [0, 0.1) is 10.1 Å². The van der Waals surface area contributed by atoms with Crippen molar-refractivity contribution in [1.29, 1.82) is 0 Å². The van der Waals surface area contributed by atoms with Gasteiger partial charge in [0.1, 0.15) is 18.3 Å². The molecule has 0 amide bonds. The van der Waals surface area contributed by atoms with Gasteiger partial charge in [0.15, 0.2) is 0 Å². The van der Waals surface area contributed by atoms with Crippen molar-refractivity contribution in [2.45, 2.75) is 19.4 Å². The lowest BCUT2D eigenvalue weighted by atomic mass is 9.98. The van der Waals surface area contributed by atoms with Crippen molar-refractivity contribution in [3.05, 3.63) is 76.0 Å². The van der Waals surface area contributed by atoms with Crippen LogP contribution >= 0.6 is 0 Å². The van der Waals surface area contributed by atoms with Gasteiger partial charge in [0.2, 0.25) is 6.54 Å². The number of aromatic nitrogens is 1. The zero-order valence-electron chi connectivity index (χ0n) is 14.9. The molecular formula is C20H20N2O5. The number of carbonyl (C=O) groups excluding carboxylic acids is 1. The maximum Gasteiger partial charge on any atom is 0.320 e. The van der Waals surface area contributed by atoms with Crippen molar-refractivity contribution in [3.8, 4) is 5.75 Å².